The summed E-state index contributed by atoms with van der Waals surface area (Å²) in [5.74, 6) is 5.04. The zero-order valence-electron chi connectivity index (χ0n) is 11.6. The zero-order chi connectivity index (χ0) is 15.0. The Hall–Kier alpha value is -2.39. The monoisotopic (exact) mass is 274 g/mol. The number of pyridine rings is 1. The van der Waals surface area contributed by atoms with E-state index in [4.69, 9.17) is 5.73 Å². The molecule has 0 aliphatic carbocycles. The first kappa shape index (κ1) is 15.7. The fourth-order valence-electron chi connectivity index (χ4n) is 1.49. The number of aromatic nitrogens is 1. The Morgan fingerprint density at radius 3 is 2.70 bits per heavy atom. The van der Waals surface area contributed by atoms with Crippen molar-refractivity contribution >= 4 is 11.8 Å². The number of rotatable bonds is 4. The molecular formula is C14H18N4O2. The lowest BCUT2D eigenvalue weighted by molar-refractivity contribution is -0.121. The van der Waals surface area contributed by atoms with Gasteiger partial charge < -0.3 is 16.0 Å². The van der Waals surface area contributed by atoms with Gasteiger partial charge in [-0.05, 0) is 19.1 Å². The SMILES string of the molecule is CCN(CC(=O)NC)C(=O)c1ccc(C#CCN)cn1. The average molecular weight is 274 g/mol. The second-order valence-corrected chi connectivity index (χ2v) is 3.93. The van der Waals surface area contributed by atoms with Gasteiger partial charge in [-0.3, -0.25) is 9.59 Å². The number of hydrogen-bond acceptors (Lipinski definition) is 4. The zero-order valence-corrected chi connectivity index (χ0v) is 11.6. The summed E-state index contributed by atoms with van der Waals surface area (Å²) < 4.78 is 0. The van der Waals surface area contributed by atoms with E-state index in [1.165, 1.54) is 18.1 Å². The van der Waals surface area contributed by atoms with Gasteiger partial charge in [0, 0.05) is 25.4 Å². The van der Waals surface area contributed by atoms with E-state index in [1.807, 2.05) is 6.92 Å². The largest absolute Gasteiger partial charge is 0.358 e. The molecule has 0 aliphatic rings. The Kier molecular flexibility index (Phi) is 6.20. The highest BCUT2D eigenvalue weighted by Gasteiger charge is 2.17. The molecule has 0 bridgehead atoms. The third kappa shape index (κ3) is 4.37. The van der Waals surface area contributed by atoms with E-state index in [0.29, 0.717) is 12.1 Å². The van der Waals surface area contributed by atoms with Crippen LogP contribution in [0.1, 0.15) is 23.0 Å². The highest BCUT2D eigenvalue weighted by molar-refractivity contribution is 5.94. The first-order valence-electron chi connectivity index (χ1n) is 6.27. The van der Waals surface area contributed by atoms with Crippen LogP contribution < -0.4 is 11.1 Å². The summed E-state index contributed by atoms with van der Waals surface area (Å²) in [5.41, 5.74) is 6.26. The average Bonchev–Trinajstić information content (AvgIpc) is 2.50. The molecule has 0 atom stereocenters. The number of hydrogen-bond donors (Lipinski definition) is 2. The molecule has 106 valence electrons. The standard InChI is InChI=1S/C14H18N4O2/c1-3-18(10-13(19)16-2)14(20)12-7-6-11(9-17-12)5-4-8-15/h6-7,9H,3,8,10,15H2,1-2H3,(H,16,19). The van der Waals surface area contributed by atoms with Crippen LogP contribution in [0.3, 0.4) is 0 Å². The molecule has 6 nitrogen and oxygen atoms in total. The van der Waals surface area contributed by atoms with Crippen LogP contribution in [0, 0.1) is 11.8 Å². The Labute approximate surface area is 118 Å². The number of nitrogens with one attached hydrogen (secondary N) is 1. The minimum absolute atomic E-state index is 0.0161. The van der Waals surface area contributed by atoms with Crippen molar-refractivity contribution in [2.45, 2.75) is 6.92 Å². The normalized spacial score (nSPS) is 9.35. The number of nitrogens with two attached hydrogens (primary N) is 1. The fourth-order valence-corrected chi connectivity index (χ4v) is 1.49. The maximum atomic E-state index is 12.2. The van der Waals surface area contributed by atoms with Gasteiger partial charge in [-0.1, -0.05) is 11.8 Å². The van der Waals surface area contributed by atoms with Crippen LogP contribution in [0.2, 0.25) is 0 Å². The van der Waals surface area contributed by atoms with E-state index in [-0.39, 0.29) is 30.6 Å². The van der Waals surface area contributed by atoms with Gasteiger partial charge in [-0.15, -0.1) is 0 Å². The first-order valence-corrected chi connectivity index (χ1v) is 6.27. The number of carbonyl (C=O) groups excluding carboxylic acids is 2. The summed E-state index contributed by atoms with van der Waals surface area (Å²) in [6.45, 7) is 2.53. The molecule has 2 amide bonds. The van der Waals surface area contributed by atoms with Crippen molar-refractivity contribution in [2.75, 3.05) is 26.7 Å². The van der Waals surface area contributed by atoms with Crippen LogP contribution in [0.25, 0.3) is 0 Å². The highest BCUT2D eigenvalue weighted by Crippen LogP contribution is 2.03. The third-order valence-corrected chi connectivity index (χ3v) is 2.60. The lowest BCUT2D eigenvalue weighted by Crippen LogP contribution is -2.39. The van der Waals surface area contributed by atoms with E-state index in [1.54, 1.807) is 12.1 Å². The molecule has 20 heavy (non-hydrogen) atoms. The molecule has 3 N–H and O–H groups in total. The van der Waals surface area contributed by atoms with Gasteiger partial charge in [0.25, 0.3) is 5.91 Å². The van der Waals surface area contributed by atoms with Gasteiger partial charge in [0.1, 0.15) is 5.69 Å². The summed E-state index contributed by atoms with van der Waals surface area (Å²) in [7, 11) is 1.53. The van der Waals surface area contributed by atoms with Gasteiger partial charge in [-0.25, -0.2) is 4.98 Å². The molecule has 1 aromatic rings. The maximum absolute atomic E-state index is 12.2. The molecule has 0 saturated heterocycles. The summed E-state index contributed by atoms with van der Waals surface area (Å²) in [4.78, 5) is 29.0. The molecule has 0 radical (unpaired) electrons. The van der Waals surface area contributed by atoms with E-state index < -0.39 is 0 Å². The second-order valence-electron chi connectivity index (χ2n) is 3.93. The van der Waals surface area contributed by atoms with Crippen molar-refractivity contribution in [2.24, 2.45) is 5.73 Å². The molecule has 0 unspecified atom stereocenters. The van der Waals surface area contributed by atoms with Crippen molar-refractivity contribution in [1.29, 1.82) is 0 Å². The van der Waals surface area contributed by atoms with E-state index in [0.717, 1.165) is 0 Å². The third-order valence-electron chi connectivity index (χ3n) is 2.60. The van der Waals surface area contributed by atoms with Crippen molar-refractivity contribution in [3.05, 3.63) is 29.6 Å². The van der Waals surface area contributed by atoms with Crippen LogP contribution in [0.15, 0.2) is 18.3 Å². The van der Waals surface area contributed by atoms with Crippen LogP contribution in [0.4, 0.5) is 0 Å². The van der Waals surface area contributed by atoms with Gasteiger partial charge in [0.15, 0.2) is 0 Å². The van der Waals surface area contributed by atoms with E-state index in [2.05, 4.69) is 22.1 Å². The van der Waals surface area contributed by atoms with Crippen molar-refractivity contribution in [1.82, 2.24) is 15.2 Å². The topological polar surface area (TPSA) is 88.3 Å². The second kappa shape index (κ2) is 7.92. The molecule has 0 spiro atoms. The van der Waals surface area contributed by atoms with Crippen LogP contribution in [0.5, 0.6) is 0 Å². The first-order chi connectivity index (χ1) is 9.62. The summed E-state index contributed by atoms with van der Waals surface area (Å²) >= 11 is 0. The van der Waals surface area contributed by atoms with Gasteiger partial charge in [-0.2, -0.15) is 0 Å². The number of likely N-dealkylation sites (N-methyl/N-ethyl adjacent to an activating group) is 2. The van der Waals surface area contributed by atoms with Crippen molar-refractivity contribution < 1.29 is 9.59 Å². The molecule has 1 rings (SSSR count). The minimum atomic E-state index is -0.283. The lowest BCUT2D eigenvalue weighted by Gasteiger charge is -2.19. The van der Waals surface area contributed by atoms with E-state index in [9.17, 15) is 9.59 Å². The molecule has 1 heterocycles. The maximum Gasteiger partial charge on any atom is 0.272 e. The molecule has 1 aromatic heterocycles. The van der Waals surface area contributed by atoms with Gasteiger partial charge in [0.05, 0.1) is 13.1 Å². The summed E-state index contributed by atoms with van der Waals surface area (Å²) in [6.07, 6.45) is 1.52. The predicted octanol–water partition coefficient (Wildman–Crippen LogP) is -0.400. The summed E-state index contributed by atoms with van der Waals surface area (Å²) in [5, 5.41) is 2.49. The smallest absolute Gasteiger partial charge is 0.272 e. The molecule has 0 fully saturated rings. The van der Waals surface area contributed by atoms with Crippen LogP contribution in [-0.2, 0) is 4.79 Å². The van der Waals surface area contributed by atoms with Crippen LogP contribution in [-0.4, -0.2) is 48.4 Å². The number of nitrogens with zero attached hydrogens (tertiary/aromatic N) is 2. The Morgan fingerprint density at radius 1 is 1.45 bits per heavy atom. The quantitative estimate of drug-likeness (QED) is 0.731. The summed E-state index contributed by atoms with van der Waals surface area (Å²) in [6, 6.07) is 3.30. The number of carbonyl (C=O) groups is 2. The van der Waals surface area contributed by atoms with Crippen LogP contribution >= 0.6 is 0 Å². The van der Waals surface area contributed by atoms with Gasteiger partial charge in [0.2, 0.25) is 5.91 Å². The highest BCUT2D eigenvalue weighted by atomic mass is 16.2. The van der Waals surface area contributed by atoms with E-state index >= 15 is 0 Å². The molecular weight excluding hydrogens is 256 g/mol. The Balaban J connectivity index is 2.82. The number of amides is 2. The molecule has 0 aliphatic heterocycles. The van der Waals surface area contributed by atoms with Crippen molar-refractivity contribution in [3.8, 4) is 11.8 Å². The predicted molar refractivity (Wildman–Crippen MR) is 75.8 cm³/mol. The molecule has 6 heteroatoms. The minimum Gasteiger partial charge on any atom is -0.358 e. The lowest BCUT2D eigenvalue weighted by atomic mass is 10.2. The molecule has 0 aromatic carbocycles. The Morgan fingerprint density at radius 2 is 2.20 bits per heavy atom. The fraction of sp³-hybridized carbons (Fsp3) is 0.357. The Bertz CT molecular complexity index is 528. The molecule has 0 saturated carbocycles. The van der Waals surface area contributed by atoms with Crippen molar-refractivity contribution in [3.63, 3.8) is 0 Å². The van der Waals surface area contributed by atoms with Gasteiger partial charge >= 0.3 is 0 Å².